The molecule has 25 heavy (non-hydrogen) atoms. The molecule has 1 aliphatic rings. The van der Waals surface area contributed by atoms with E-state index in [0.29, 0.717) is 5.92 Å². The number of allylic oxidation sites excluding steroid dienone is 2. The van der Waals surface area contributed by atoms with Crippen molar-refractivity contribution in [3.63, 3.8) is 0 Å². The number of likely N-dealkylation sites (N-methyl/N-ethyl adjacent to an activating group) is 1. The normalized spacial score (nSPS) is 16.8. The molecule has 0 aromatic heterocycles. The van der Waals surface area contributed by atoms with Crippen LogP contribution in [0.5, 0.6) is 0 Å². The van der Waals surface area contributed by atoms with E-state index in [4.69, 9.17) is 0 Å². The van der Waals surface area contributed by atoms with Gasteiger partial charge in [-0.15, -0.1) is 0 Å². The van der Waals surface area contributed by atoms with E-state index >= 15 is 0 Å². The summed E-state index contributed by atoms with van der Waals surface area (Å²) in [4.78, 5) is 2.23. The van der Waals surface area contributed by atoms with E-state index in [1.165, 1.54) is 40.3 Å². The first-order valence-corrected chi connectivity index (χ1v) is 9.44. The summed E-state index contributed by atoms with van der Waals surface area (Å²) < 4.78 is 0. The molecule has 0 spiro atoms. The van der Waals surface area contributed by atoms with Crippen molar-refractivity contribution in [2.75, 3.05) is 27.2 Å². The monoisotopic (exact) mass is 334 g/mol. The summed E-state index contributed by atoms with van der Waals surface area (Å²) in [6.07, 6.45) is 9.51. The molecule has 0 aliphatic heterocycles. The van der Waals surface area contributed by atoms with Crippen LogP contribution in [0.1, 0.15) is 36.8 Å². The largest absolute Gasteiger partial charge is 0.313 e. The van der Waals surface area contributed by atoms with Crippen molar-refractivity contribution in [1.82, 2.24) is 10.2 Å². The Morgan fingerprint density at radius 2 is 1.92 bits per heavy atom. The van der Waals surface area contributed by atoms with Crippen LogP contribution >= 0.6 is 0 Å². The van der Waals surface area contributed by atoms with Crippen LogP contribution in [0.15, 0.2) is 60.2 Å². The van der Waals surface area contributed by atoms with Gasteiger partial charge in [-0.05, 0) is 54.5 Å². The van der Waals surface area contributed by atoms with E-state index in [9.17, 15) is 0 Å². The fourth-order valence-electron chi connectivity index (χ4n) is 3.61. The SMILES string of the molecule is CCCCNCc1c(C2C=CC(CN(C)C)=C2)ccc2ccccc12. The lowest BCUT2D eigenvalue weighted by Gasteiger charge is -2.17. The van der Waals surface area contributed by atoms with Gasteiger partial charge >= 0.3 is 0 Å². The molecule has 0 fully saturated rings. The number of benzene rings is 2. The zero-order valence-electron chi connectivity index (χ0n) is 15.8. The van der Waals surface area contributed by atoms with E-state index in [2.05, 4.69) is 85.9 Å². The van der Waals surface area contributed by atoms with Crippen molar-refractivity contribution >= 4 is 10.8 Å². The van der Waals surface area contributed by atoms with E-state index in [0.717, 1.165) is 19.6 Å². The molecule has 132 valence electrons. The molecule has 1 unspecified atom stereocenters. The molecule has 0 bridgehead atoms. The summed E-state index contributed by atoms with van der Waals surface area (Å²) in [5.74, 6) is 0.391. The second-order valence-corrected chi connectivity index (χ2v) is 7.25. The number of nitrogens with one attached hydrogen (secondary N) is 1. The quantitative estimate of drug-likeness (QED) is 0.693. The van der Waals surface area contributed by atoms with E-state index in [1.54, 1.807) is 0 Å². The zero-order chi connectivity index (χ0) is 17.6. The summed E-state index contributed by atoms with van der Waals surface area (Å²) >= 11 is 0. The third kappa shape index (κ3) is 4.39. The van der Waals surface area contributed by atoms with Crippen LogP contribution in [0.3, 0.4) is 0 Å². The van der Waals surface area contributed by atoms with Crippen molar-refractivity contribution in [1.29, 1.82) is 0 Å². The highest BCUT2D eigenvalue weighted by molar-refractivity contribution is 5.87. The molecule has 0 heterocycles. The molecule has 0 saturated carbocycles. The third-order valence-electron chi connectivity index (χ3n) is 4.85. The molecular formula is C23H30N2. The predicted molar refractivity (Wildman–Crippen MR) is 109 cm³/mol. The Morgan fingerprint density at radius 1 is 1.08 bits per heavy atom. The van der Waals surface area contributed by atoms with Crippen molar-refractivity contribution in [2.45, 2.75) is 32.2 Å². The average molecular weight is 335 g/mol. The topological polar surface area (TPSA) is 15.3 Å². The minimum atomic E-state index is 0.391. The van der Waals surface area contributed by atoms with E-state index in [1.807, 2.05) is 0 Å². The van der Waals surface area contributed by atoms with Gasteiger partial charge in [0.2, 0.25) is 0 Å². The van der Waals surface area contributed by atoms with Crippen molar-refractivity contribution in [2.24, 2.45) is 0 Å². The van der Waals surface area contributed by atoms with E-state index < -0.39 is 0 Å². The highest BCUT2D eigenvalue weighted by Gasteiger charge is 2.17. The van der Waals surface area contributed by atoms with Gasteiger partial charge in [0.1, 0.15) is 0 Å². The van der Waals surface area contributed by atoms with Crippen LogP contribution in [0, 0.1) is 0 Å². The molecule has 2 heteroatoms. The number of hydrogen-bond acceptors (Lipinski definition) is 2. The maximum Gasteiger partial charge on any atom is 0.0224 e. The molecule has 1 N–H and O–H groups in total. The highest BCUT2D eigenvalue weighted by atomic mass is 15.0. The Bertz CT molecular complexity index is 771. The van der Waals surface area contributed by atoms with Gasteiger partial charge in [0.25, 0.3) is 0 Å². The molecule has 1 aliphatic carbocycles. The maximum absolute atomic E-state index is 3.65. The summed E-state index contributed by atoms with van der Waals surface area (Å²) in [5, 5.41) is 6.36. The Labute approximate surface area is 152 Å². The molecule has 0 saturated heterocycles. The van der Waals surface area contributed by atoms with Crippen molar-refractivity contribution in [3.8, 4) is 0 Å². The number of nitrogens with zero attached hydrogens (tertiary/aromatic N) is 1. The van der Waals surface area contributed by atoms with E-state index in [-0.39, 0.29) is 0 Å². The number of hydrogen-bond donors (Lipinski definition) is 1. The van der Waals surface area contributed by atoms with Gasteiger partial charge in [-0.2, -0.15) is 0 Å². The number of unbranched alkanes of at least 4 members (excludes halogenated alkanes) is 1. The van der Waals surface area contributed by atoms with Gasteiger partial charge in [-0.3, -0.25) is 0 Å². The highest BCUT2D eigenvalue weighted by Crippen LogP contribution is 2.33. The van der Waals surface area contributed by atoms with Crippen molar-refractivity contribution in [3.05, 3.63) is 71.3 Å². The predicted octanol–water partition coefficient (Wildman–Crippen LogP) is 4.87. The molecule has 1 atom stereocenters. The maximum atomic E-state index is 3.65. The first-order chi connectivity index (χ1) is 12.2. The summed E-state index contributed by atoms with van der Waals surface area (Å²) in [7, 11) is 4.25. The fraction of sp³-hybridized carbons (Fsp3) is 0.391. The minimum Gasteiger partial charge on any atom is -0.313 e. The van der Waals surface area contributed by atoms with Crippen LogP contribution < -0.4 is 5.32 Å². The standard InChI is InChI=1S/C23H30N2/c1-4-5-14-24-16-23-21-9-7-6-8-19(21)12-13-22(23)20-11-10-18(15-20)17-25(2)3/h6-13,15,20,24H,4-5,14,16-17H2,1-3H3. The molecule has 2 aromatic rings. The zero-order valence-corrected chi connectivity index (χ0v) is 15.8. The summed E-state index contributed by atoms with van der Waals surface area (Å²) in [6, 6.07) is 13.3. The summed E-state index contributed by atoms with van der Waals surface area (Å²) in [5.41, 5.74) is 4.30. The van der Waals surface area contributed by atoms with Gasteiger partial charge in [0, 0.05) is 19.0 Å². The third-order valence-corrected chi connectivity index (χ3v) is 4.85. The minimum absolute atomic E-state index is 0.391. The Balaban J connectivity index is 1.91. The lowest BCUT2D eigenvalue weighted by Crippen LogP contribution is -2.16. The summed E-state index contributed by atoms with van der Waals surface area (Å²) in [6.45, 7) is 5.27. The Morgan fingerprint density at radius 3 is 2.72 bits per heavy atom. The first-order valence-electron chi connectivity index (χ1n) is 9.44. The fourth-order valence-corrected chi connectivity index (χ4v) is 3.61. The van der Waals surface area contributed by atoms with Crippen LogP contribution in [-0.4, -0.2) is 32.1 Å². The molecule has 2 aromatic carbocycles. The molecule has 0 radical (unpaired) electrons. The van der Waals surface area contributed by atoms with Crippen LogP contribution in [-0.2, 0) is 6.54 Å². The first kappa shape index (κ1) is 17.9. The lowest BCUT2D eigenvalue weighted by atomic mass is 9.90. The lowest BCUT2D eigenvalue weighted by molar-refractivity contribution is 0.449. The molecule has 3 rings (SSSR count). The second kappa shape index (κ2) is 8.46. The van der Waals surface area contributed by atoms with Gasteiger partial charge in [-0.1, -0.05) is 68.0 Å². The Hall–Kier alpha value is -1.90. The van der Waals surface area contributed by atoms with Gasteiger partial charge in [-0.25, -0.2) is 0 Å². The van der Waals surface area contributed by atoms with Crippen molar-refractivity contribution < 1.29 is 0 Å². The van der Waals surface area contributed by atoms with Crippen LogP contribution in [0.4, 0.5) is 0 Å². The Kier molecular flexibility index (Phi) is 6.06. The molecule has 2 nitrogen and oxygen atoms in total. The molecule has 0 amide bonds. The second-order valence-electron chi connectivity index (χ2n) is 7.25. The average Bonchev–Trinajstić information content (AvgIpc) is 3.06. The number of rotatable bonds is 8. The van der Waals surface area contributed by atoms with Gasteiger partial charge in [0.05, 0.1) is 0 Å². The smallest absolute Gasteiger partial charge is 0.0224 e. The van der Waals surface area contributed by atoms with Crippen LogP contribution in [0.2, 0.25) is 0 Å². The van der Waals surface area contributed by atoms with Crippen LogP contribution in [0.25, 0.3) is 10.8 Å². The van der Waals surface area contributed by atoms with Gasteiger partial charge < -0.3 is 10.2 Å². The molecular weight excluding hydrogens is 304 g/mol. The number of fused-ring (bicyclic) bond motifs is 1. The van der Waals surface area contributed by atoms with Gasteiger partial charge in [0.15, 0.2) is 0 Å².